The molecule has 0 radical (unpaired) electrons. The number of hydrogen-bond acceptors (Lipinski definition) is 8. The number of aromatic nitrogens is 4. The van der Waals surface area contributed by atoms with Crippen LogP contribution in [0.15, 0.2) is 11.1 Å². The van der Waals surface area contributed by atoms with Crippen LogP contribution in [0.2, 0.25) is 0 Å². The first kappa shape index (κ1) is 16.5. The number of aliphatic hydroxyl groups excluding tert-OH is 1. The second-order valence-electron chi connectivity index (χ2n) is 4.21. The monoisotopic (exact) mass is 335 g/mol. The minimum atomic E-state index is -4.38. The molecule has 122 valence electrons. The number of ether oxygens (including phenoxy) is 2. The standard InChI is InChI=1S/C9H14N5O7P/c10-9-12-7-6(8(16)13-9)11-2-14(7)3-20-5(1-15)21-4-22(17,18)19/h2,5,15H,1,3-4H2,(H2,17,18,19)(H3,10,12,13,16). The summed E-state index contributed by atoms with van der Waals surface area (Å²) in [6, 6.07) is 0. The molecule has 0 amide bonds. The van der Waals surface area contributed by atoms with Crippen LogP contribution in [0.1, 0.15) is 0 Å². The molecule has 2 rings (SSSR count). The number of fused-ring (bicyclic) bond motifs is 1. The number of hydrogen-bond donors (Lipinski definition) is 5. The number of aromatic amines is 1. The van der Waals surface area contributed by atoms with Gasteiger partial charge in [0.2, 0.25) is 5.95 Å². The van der Waals surface area contributed by atoms with Crippen molar-refractivity contribution in [2.24, 2.45) is 0 Å². The Hall–Kier alpha value is -1.82. The highest BCUT2D eigenvalue weighted by Crippen LogP contribution is 2.34. The second-order valence-corrected chi connectivity index (χ2v) is 5.79. The van der Waals surface area contributed by atoms with E-state index in [2.05, 4.69) is 15.0 Å². The topological polar surface area (TPSA) is 186 Å². The normalized spacial score (nSPS) is 13.6. The summed E-state index contributed by atoms with van der Waals surface area (Å²) in [6.45, 7) is -0.846. The number of imidazole rings is 1. The van der Waals surface area contributed by atoms with Crippen molar-refractivity contribution in [3.05, 3.63) is 16.7 Å². The summed E-state index contributed by atoms with van der Waals surface area (Å²) in [6.07, 6.45) is -0.887. The molecule has 1 atom stereocenters. The number of nitrogen functional groups attached to an aromatic ring is 1. The zero-order valence-electron chi connectivity index (χ0n) is 11.1. The van der Waals surface area contributed by atoms with Crippen molar-refractivity contribution in [2.45, 2.75) is 13.0 Å². The highest BCUT2D eigenvalue weighted by atomic mass is 31.2. The van der Waals surface area contributed by atoms with Gasteiger partial charge in [0.15, 0.2) is 23.8 Å². The Bertz CT molecular complexity index is 752. The third-order valence-corrected chi connectivity index (χ3v) is 2.96. The predicted octanol–water partition coefficient (Wildman–Crippen LogP) is -1.85. The molecule has 2 aromatic rings. The molecule has 0 aliphatic rings. The maximum atomic E-state index is 11.6. The molecule has 0 aromatic carbocycles. The molecule has 22 heavy (non-hydrogen) atoms. The van der Waals surface area contributed by atoms with Gasteiger partial charge in [-0.05, 0) is 0 Å². The lowest BCUT2D eigenvalue weighted by atomic mass is 10.5. The molecule has 0 aliphatic carbocycles. The molecule has 12 nitrogen and oxygen atoms in total. The molecule has 6 N–H and O–H groups in total. The van der Waals surface area contributed by atoms with Gasteiger partial charge in [-0.1, -0.05) is 0 Å². The number of H-pyrrole nitrogens is 1. The molecule has 0 bridgehead atoms. The largest absolute Gasteiger partial charge is 0.391 e. The Morgan fingerprint density at radius 3 is 2.82 bits per heavy atom. The average molecular weight is 335 g/mol. The summed E-state index contributed by atoms with van der Waals surface area (Å²) in [7, 11) is -4.38. The van der Waals surface area contributed by atoms with E-state index in [1.54, 1.807) is 0 Å². The summed E-state index contributed by atoms with van der Waals surface area (Å²) in [5, 5.41) is 9.03. The number of aliphatic hydroxyl groups is 1. The van der Waals surface area contributed by atoms with E-state index in [4.69, 9.17) is 30.1 Å². The Balaban J connectivity index is 2.07. The van der Waals surface area contributed by atoms with Crippen molar-refractivity contribution in [3.8, 4) is 0 Å². The van der Waals surface area contributed by atoms with Crippen LogP contribution < -0.4 is 11.3 Å². The third kappa shape index (κ3) is 4.10. The molecule has 0 spiro atoms. The summed E-state index contributed by atoms with van der Waals surface area (Å²) in [4.78, 5) is 39.0. The fourth-order valence-electron chi connectivity index (χ4n) is 1.56. The van der Waals surface area contributed by atoms with Crippen LogP contribution in [0.3, 0.4) is 0 Å². The van der Waals surface area contributed by atoms with E-state index in [0.29, 0.717) is 0 Å². The minimum Gasteiger partial charge on any atom is -0.391 e. The molecule has 0 aliphatic heterocycles. The maximum Gasteiger partial charge on any atom is 0.351 e. The van der Waals surface area contributed by atoms with Gasteiger partial charge in [0, 0.05) is 0 Å². The molecular formula is C9H14N5O7P. The molecule has 2 heterocycles. The highest BCUT2D eigenvalue weighted by Gasteiger charge is 2.18. The number of nitrogens with zero attached hydrogens (tertiary/aromatic N) is 3. The van der Waals surface area contributed by atoms with Crippen molar-refractivity contribution in [1.82, 2.24) is 19.5 Å². The van der Waals surface area contributed by atoms with Crippen LogP contribution in [0.4, 0.5) is 5.95 Å². The first-order chi connectivity index (χ1) is 10.3. The highest BCUT2D eigenvalue weighted by molar-refractivity contribution is 7.51. The van der Waals surface area contributed by atoms with E-state index in [1.807, 2.05) is 0 Å². The Morgan fingerprint density at radius 2 is 2.18 bits per heavy atom. The van der Waals surface area contributed by atoms with Crippen molar-refractivity contribution >= 4 is 24.7 Å². The average Bonchev–Trinajstić information content (AvgIpc) is 2.81. The van der Waals surface area contributed by atoms with Gasteiger partial charge in [-0.25, -0.2) is 4.98 Å². The summed E-state index contributed by atoms with van der Waals surface area (Å²) in [5.74, 6) is -0.101. The van der Waals surface area contributed by atoms with Crippen molar-refractivity contribution in [2.75, 3.05) is 18.7 Å². The van der Waals surface area contributed by atoms with E-state index < -0.39 is 32.4 Å². The Kier molecular flexibility index (Phi) is 4.90. The molecule has 0 saturated heterocycles. The summed E-state index contributed by atoms with van der Waals surface area (Å²) in [5.41, 5.74) is 5.13. The van der Waals surface area contributed by atoms with Crippen LogP contribution in [0.25, 0.3) is 11.2 Å². The Labute approximate surface area is 122 Å². The summed E-state index contributed by atoms with van der Waals surface area (Å²) >= 11 is 0. The molecule has 13 heteroatoms. The van der Waals surface area contributed by atoms with Gasteiger partial charge in [-0.3, -0.25) is 18.9 Å². The molecule has 0 saturated carbocycles. The van der Waals surface area contributed by atoms with Crippen molar-refractivity contribution < 1.29 is 28.9 Å². The maximum absolute atomic E-state index is 11.6. The van der Waals surface area contributed by atoms with Crippen LogP contribution in [-0.2, 0) is 20.8 Å². The molecule has 0 fully saturated rings. The second kappa shape index (κ2) is 6.52. The van der Waals surface area contributed by atoms with Gasteiger partial charge in [0.25, 0.3) is 5.56 Å². The fourth-order valence-corrected chi connectivity index (χ4v) is 1.92. The van der Waals surface area contributed by atoms with Gasteiger partial charge >= 0.3 is 7.60 Å². The van der Waals surface area contributed by atoms with Gasteiger partial charge in [-0.2, -0.15) is 4.98 Å². The Morgan fingerprint density at radius 1 is 1.45 bits per heavy atom. The van der Waals surface area contributed by atoms with E-state index in [0.717, 1.165) is 0 Å². The SMILES string of the molecule is Nc1nc2c(ncn2COC(CO)OCP(=O)(O)O)c(=O)[nH]1. The smallest absolute Gasteiger partial charge is 0.351 e. The van der Waals surface area contributed by atoms with Gasteiger partial charge < -0.3 is 30.1 Å². The fraction of sp³-hybridized carbons (Fsp3) is 0.444. The van der Waals surface area contributed by atoms with Crippen molar-refractivity contribution in [3.63, 3.8) is 0 Å². The zero-order valence-corrected chi connectivity index (χ0v) is 12.0. The lowest BCUT2D eigenvalue weighted by Crippen LogP contribution is -2.23. The number of nitrogens with two attached hydrogens (primary N) is 1. The first-order valence-electron chi connectivity index (χ1n) is 5.89. The molecular weight excluding hydrogens is 321 g/mol. The van der Waals surface area contributed by atoms with Gasteiger partial charge in [0.05, 0.1) is 12.9 Å². The lowest BCUT2D eigenvalue weighted by molar-refractivity contribution is -0.172. The molecule has 2 aromatic heterocycles. The third-order valence-electron chi connectivity index (χ3n) is 2.47. The van der Waals surface area contributed by atoms with Crippen LogP contribution in [-0.4, -0.2) is 53.7 Å². The number of rotatable bonds is 7. The van der Waals surface area contributed by atoms with E-state index in [-0.39, 0.29) is 23.8 Å². The molecule has 1 unspecified atom stereocenters. The van der Waals surface area contributed by atoms with Crippen molar-refractivity contribution in [1.29, 1.82) is 0 Å². The van der Waals surface area contributed by atoms with E-state index in [9.17, 15) is 9.36 Å². The number of nitrogens with one attached hydrogen (secondary N) is 1. The number of anilines is 1. The van der Waals surface area contributed by atoms with E-state index in [1.165, 1.54) is 10.9 Å². The summed E-state index contributed by atoms with van der Waals surface area (Å²) < 4.78 is 21.9. The van der Waals surface area contributed by atoms with Crippen LogP contribution in [0.5, 0.6) is 0 Å². The van der Waals surface area contributed by atoms with Crippen LogP contribution >= 0.6 is 7.60 Å². The lowest BCUT2D eigenvalue weighted by Gasteiger charge is -2.17. The quantitative estimate of drug-likeness (QED) is 0.284. The van der Waals surface area contributed by atoms with Crippen LogP contribution in [0, 0.1) is 0 Å². The van der Waals surface area contributed by atoms with Gasteiger partial charge in [-0.15, -0.1) is 0 Å². The zero-order chi connectivity index (χ0) is 16.3. The minimum absolute atomic E-state index is 0.0504. The first-order valence-corrected chi connectivity index (χ1v) is 7.69. The van der Waals surface area contributed by atoms with Gasteiger partial charge in [0.1, 0.15) is 6.73 Å². The predicted molar refractivity (Wildman–Crippen MR) is 72.5 cm³/mol. The van der Waals surface area contributed by atoms with E-state index >= 15 is 0 Å².